The van der Waals surface area contributed by atoms with Crippen LogP contribution in [0.5, 0.6) is 0 Å². The fourth-order valence-electron chi connectivity index (χ4n) is 2.39. The highest BCUT2D eigenvalue weighted by atomic mass is 19.2. The average Bonchev–Trinajstić information content (AvgIpc) is 2.65. The van der Waals surface area contributed by atoms with E-state index in [1.807, 2.05) is 36.4 Å². The molecule has 0 saturated carbocycles. The van der Waals surface area contributed by atoms with Crippen molar-refractivity contribution in [2.45, 2.75) is 26.3 Å². The molecule has 0 aliphatic heterocycles. The van der Waals surface area contributed by atoms with E-state index in [1.165, 1.54) is 6.07 Å². The number of benzene rings is 2. The fraction of sp³-hybridized carbons (Fsp3) is 0.200. The molecule has 0 aliphatic carbocycles. The lowest BCUT2D eigenvalue weighted by molar-refractivity contribution is 0.509. The fourth-order valence-corrected chi connectivity index (χ4v) is 2.39. The Morgan fingerprint density at radius 2 is 1.73 bits per heavy atom. The van der Waals surface area contributed by atoms with Crippen LogP contribution in [0.4, 0.5) is 26.2 Å². The first-order chi connectivity index (χ1) is 12.5. The minimum absolute atomic E-state index is 0.240. The average molecular weight is 354 g/mol. The quantitative estimate of drug-likeness (QED) is 0.624. The monoisotopic (exact) mass is 354 g/mol. The van der Waals surface area contributed by atoms with Crippen molar-refractivity contribution in [3.63, 3.8) is 0 Å². The van der Waals surface area contributed by atoms with Gasteiger partial charge in [-0.15, -0.1) is 0 Å². The van der Waals surface area contributed by atoms with Crippen molar-refractivity contribution >= 4 is 17.5 Å². The number of halogens is 2. The molecule has 2 aromatic carbocycles. The normalized spacial score (nSPS) is 11.8. The molecule has 2 N–H and O–H groups in total. The number of hydrogen-bond acceptors (Lipinski definition) is 4. The van der Waals surface area contributed by atoms with Crippen molar-refractivity contribution in [2.75, 3.05) is 10.6 Å². The molecule has 1 atom stereocenters. The molecule has 1 heterocycles. The van der Waals surface area contributed by atoms with Crippen LogP contribution in [-0.2, 0) is 0 Å². The van der Waals surface area contributed by atoms with Gasteiger partial charge in [0.2, 0.25) is 5.95 Å². The van der Waals surface area contributed by atoms with Gasteiger partial charge >= 0.3 is 0 Å². The minimum atomic E-state index is -0.924. The molecule has 0 radical (unpaired) electrons. The second kappa shape index (κ2) is 7.91. The van der Waals surface area contributed by atoms with Crippen LogP contribution < -0.4 is 10.6 Å². The molecule has 0 bridgehead atoms. The van der Waals surface area contributed by atoms with Crippen molar-refractivity contribution in [1.82, 2.24) is 9.97 Å². The Bertz CT molecular complexity index is 884. The smallest absolute Gasteiger partial charge is 0.229 e. The summed E-state index contributed by atoms with van der Waals surface area (Å²) in [7, 11) is 0. The first kappa shape index (κ1) is 17.8. The van der Waals surface area contributed by atoms with Gasteiger partial charge in [-0.25, -0.2) is 13.8 Å². The number of rotatable bonds is 6. The predicted octanol–water partition coefficient (Wildman–Crippen LogP) is 5.38. The molecule has 134 valence electrons. The largest absolute Gasteiger partial charge is 0.367 e. The van der Waals surface area contributed by atoms with Crippen molar-refractivity contribution in [3.8, 4) is 11.3 Å². The Morgan fingerprint density at radius 1 is 0.962 bits per heavy atom. The second-order valence-corrected chi connectivity index (χ2v) is 6.04. The zero-order valence-corrected chi connectivity index (χ0v) is 14.6. The first-order valence-electron chi connectivity index (χ1n) is 8.48. The Labute approximate surface area is 151 Å². The van der Waals surface area contributed by atoms with E-state index in [-0.39, 0.29) is 6.04 Å². The molecule has 1 unspecified atom stereocenters. The van der Waals surface area contributed by atoms with Gasteiger partial charge in [-0.1, -0.05) is 37.3 Å². The maximum Gasteiger partial charge on any atom is 0.229 e. The summed E-state index contributed by atoms with van der Waals surface area (Å²) >= 11 is 0. The third-order valence-corrected chi connectivity index (χ3v) is 3.98. The van der Waals surface area contributed by atoms with Gasteiger partial charge in [-0.05, 0) is 25.5 Å². The molecule has 0 aliphatic rings. The third kappa shape index (κ3) is 4.33. The van der Waals surface area contributed by atoms with Gasteiger partial charge in [0.25, 0.3) is 0 Å². The Morgan fingerprint density at radius 3 is 2.42 bits per heavy atom. The van der Waals surface area contributed by atoms with E-state index in [2.05, 4.69) is 34.4 Å². The van der Waals surface area contributed by atoms with E-state index in [4.69, 9.17) is 0 Å². The minimum Gasteiger partial charge on any atom is -0.367 e. The number of anilines is 3. The van der Waals surface area contributed by atoms with Gasteiger partial charge in [0.05, 0.1) is 5.69 Å². The summed E-state index contributed by atoms with van der Waals surface area (Å²) in [5, 5.41) is 6.27. The summed E-state index contributed by atoms with van der Waals surface area (Å²) < 4.78 is 26.6. The van der Waals surface area contributed by atoms with Gasteiger partial charge < -0.3 is 10.6 Å². The summed E-state index contributed by atoms with van der Waals surface area (Å²) in [5.41, 5.74) is 2.05. The molecule has 1 aromatic heterocycles. The zero-order valence-electron chi connectivity index (χ0n) is 14.6. The predicted molar refractivity (Wildman–Crippen MR) is 100 cm³/mol. The molecule has 4 nitrogen and oxygen atoms in total. The van der Waals surface area contributed by atoms with Crippen LogP contribution in [0, 0.1) is 11.6 Å². The Hall–Kier alpha value is -3.02. The molecular weight excluding hydrogens is 334 g/mol. The van der Waals surface area contributed by atoms with Crippen LogP contribution in [-0.4, -0.2) is 16.0 Å². The summed E-state index contributed by atoms with van der Waals surface area (Å²) in [6.45, 7) is 4.14. The molecule has 6 heteroatoms. The maximum absolute atomic E-state index is 13.5. The number of nitrogens with zero attached hydrogens (tertiary/aromatic N) is 2. The highest BCUT2D eigenvalue weighted by Gasteiger charge is 2.10. The van der Waals surface area contributed by atoms with Crippen LogP contribution in [0.1, 0.15) is 20.3 Å². The van der Waals surface area contributed by atoms with Crippen LogP contribution >= 0.6 is 0 Å². The van der Waals surface area contributed by atoms with Crippen molar-refractivity contribution in [2.24, 2.45) is 0 Å². The molecule has 0 spiro atoms. The lowest BCUT2D eigenvalue weighted by Crippen LogP contribution is -2.15. The number of nitrogens with one attached hydrogen (secondary N) is 2. The third-order valence-electron chi connectivity index (χ3n) is 3.98. The van der Waals surface area contributed by atoms with Crippen molar-refractivity contribution in [1.29, 1.82) is 0 Å². The zero-order chi connectivity index (χ0) is 18.5. The molecule has 0 amide bonds. The van der Waals surface area contributed by atoms with Gasteiger partial charge in [0.1, 0.15) is 5.82 Å². The summed E-state index contributed by atoms with van der Waals surface area (Å²) in [5.74, 6) is -0.845. The molecule has 3 aromatic rings. The van der Waals surface area contributed by atoms with Crippen LogP contribution in [0.15, 0.2) is 54.6 Å². The van der Waals surface area contributed by atoms with E-state index < -0.39 is 11.6 Å². The molecular formula is C20H20F2N4. The van der Waals surface area contributed by atoms with Gasteiger partial charge in [0.15, 0.2) is 11.6 Å². The number of aromatic nitrogens is 2. The standard InChI is InChI=1S/C20H20F2N4/c1-3-13(2)23-19-12-18(14-7-5-4-6-8-14)25-20(26-19)24-15-9-10-16(21)17(22)11-15/h4-13H,3H2,1-2H3,(H2,23,24,25,26). The highest BCUT2D eigenvalue weighted by molar-refractivity contribution is 5.66. The van der Waals surface area contributed by atoms with E-state index in [1.54, 1.807) is 0 Å². The highest BCUT2D eigenvalue weighted by Crippen LogP contribution is 2.24. The molecule has 0 saturated heterocycles. The van der Waals surface area contributed by atoms with Gasteiger partial charge in [-0.3, -0.25) is 0 Å². The molecule has 26 heavy (non-hydrogen) atoms. The summed E-state index contributed by atoms with van der Waals surface area (Å²) in [6.07, 6.45) is 0.941. The SMILES string of the molecule is CCC(C)Nc1cc(-c2ccccc2)nc(Nc2ccc(F)c(F)c2)n1. The molecule has 0 fully saturated rings. The van der Waals surface area contributed by atoms with Gasteiger partial charge in [0, 0.05) is 29.4 Å². The summed E-state index contributed by atoms with van der Waals surface area (Å²) in [6, 6.07) is 15.4. The molecule has 3 rings (SSSR count). The van der Waals surface area contributed by atoms with E-state index in [9.17, 15) is 8.78 Å². The number of hydrogen-bond donors (Lipinski definition) is 2. The van der Waals surface area contributed by atoms with Gasteiger partial charge in [-0.2, -0.15) is 4.98 Å². The second-order valence-electron chi connectivity index (χ2n) is 6.04. The van der Waals surface area contributed by atoms with Crippen LogP contribution in [0.3, 0.4) is 0 Å². The topological polar surface area (TPSA) is 49.8 Å². The van der Waals surface area contributed by atoms with Crippen LogP contribution in [0.2, 0.25) is 0 Å². The van der Waals surface area contributed by atoms with E-state index in [0.717, 1.165) is 29.8 Å². The van der Waals surface area contributed by atoms with E-state index in [0.29, 0.717) is 17.5 Å². The van der Waals surface area contributed by atoms with E-state index >= 15 is 0 Å². The van der Waals surface area contributed by atoms with Crippen molar-refractivity contribution < 1.29 is 8.78 Å². The lowest BCUT2D eigenvalue weighted by Gasteiger charge is -2.15. The first-order valence-corrected chi connectivity index (χ1v) is 8.48. The Balaban J connectivity index is 1.97. The maximum atomic E-state index is 13.5. The van der Waals surface area contributed by atoms with Crippen molar-refractivity contribution in [3.05, 3.63) is 66.2 Å². The Kier molecular flexibility index (Phi) is 5.41. The summed E-state index contributed by atoms with van der Waals surface area (Å²) in [4.78, 5) is 8.95. The van der Waals surface area contributed by atoms with Crippen LogP contribution in [0.25, 0.3) is 11.3 Å². The lowest BCUT2D eigenvalue weighted by atomic mass is 10.1.